The zero-order valence-electron chi connectivity index (χ0n) is 11.3. The summed E-state index contributed by atoms with van der Waals surface area (Å²) in [6, 6.07) is 4.91. The van der Waals surface area contributed by atoms with Crippen molar-refractivity contribution in [1.82, 2.24) is 10.3 Å². The van der Waals surface area contributed by atoms with E-state index in [1.807, 2.05) is 12.3 Å². The van der Waals surface area contributed by atoms with Gasteiger partial charge in [-0.25, -0.2) is 4.39 Å². The Bertz CT molecular complexity index is 523. The van der Waals surface area contributed by atoms with Gasteiger partial charge in [-0.2, -0.15) is 0 Å². The van der Waals surface area contributed by atoms with Gasteiger partial charge in [-0.1, -0.05) is 20.8 Å². The number of aromatic amines is 1. The Morgan fingerprint density at radius 2 is 2.06 bits per heavy atom. The highest BCUT2D eigenvalue weighted by molar-refractivity contribution is 5.83. The molecular weight excluding hydrogens is 227 g/mol. The molecule has 0 aliphatic heterocycles. The molecule has 0 spiro atoms. The molecule has 0 aliphatic rings. The van der Waals surface area contributed by atoms with Crippen LogP contribution in [0.15, 0.2) is 24.4 Å². The van der Waals surface area contributed by atoms with Crippen LogP contribution in [0.2, 0.25) is 0 Å². The van der Waals surface area contributed by atoms with Crippen LogP contribution in [0.4, 0.5) is 4.39 Å². The van der Waals surface area contributed by atoms with Crippen LogP contribution < -0.4 is 5.32 Å². The molecule has 0 fully saturated rings. The second kappa shape index (κ2) is 5.11. The molecule has 0 amide bonds. The zero-order valence-corrected chi connectivity index (χ0v) is 11.3. The molecule has 0 saturated carbocycles. The quantitative estimate of drug-likeness (QED) is 0.796. The molecule has 2 nitrogen and oxygen atoms in total. The molecule has 0 aliphatic carbocycles. The predicted molar refractivity (Wildman–Crippen MR) is 74.3 cm³/mol. The lowest BCUT2D eigenvalue weighted by Gasteiger charge is -2.18. The highest BCUT2D eigenvalue weighted by Gasteiger charge is 2.09. The summed E-state index contributed by atoms with van der Waals surface area (Å²) in [6.45, 7) is 8.60. The van der Waals surface area contributed by atoms with Gasteiger partial charge < -0.3 is 10.3 Å². The Hall–Kier alpha value is -1.35. The first-order valence-corrected chi connectivity index (χ1v) is 6.42. The van der Waals surface area contributed by atoms with Crippen LogP contribution in [-0.2, 0) is 6.42 Å². The number of hydrogen-bond acceptors (Lipinski definition) is 1. The first-order valence-electron chi connectivity index (χ1n) is 6.42. The number of benzene rings is 1. The lowest BCUT2D eigenvalue weighted by molar-refractivity contribution is 0.382. The molecule has 1 heterocycles. The van der Waals surface area contributed by atoms with Gasteiger partial charge in [0.25, 0.3) is 0 Å². The number of nitrogens with one attached hydrogen (secondary N) is 2. The maximum absolute atomic E-state index is 13.1. The largest absolute Gasteiger partial charge is 0.361 e. The smallest absolute Gasteiger partial charge is 0.125 e. The second-order valence-corrected chi connectivity index (χ2v) is 5.99. The van der Waals surface area contributed by atoms with E-state index in [0.717, 1.165) is 30.4 Å². The summed E-state index contributed by atoms with van der Waals surface area (Å²) in [7, 11) is 0. The molecule has 98 valence electrons. The maximum Gasteiger partial charge on any atom is 0.125 e. The van der Waals surface area contributed by atoms with Gasteiger partial charge in [-0.05, 0) is 42.1 Å². The fourth-order valence-corrected chi connectivity index (χ4v) is 2.05. The van der Waals surface area contributed by atoms with Crippen molar-refractivity contribution < 1.29 is 4.39 Å². The van der Waals surface area contributed by atoms with E-state index in [4.69, 9.17) is 0 Å². The molecule has 18 heavy (non-hydrogen) atoms. The molecule has 0 radical (unpaired) electrons. The third-order valence-corrected chi connectivity index (χ3v) is 2.96. The first kappa shape index (κ1) is 13.1. The highest BCUT2D eigenvalue weighted by Crippen LogP contribution is 2.19. The normalized spacial score (nSPS) is 12.2. The summed E-state index contributed by atoms with van der Waals surface area (Å²) < 4.78 is 13.1. The van der Waals surface area contributed by atoms with Crippen molar-refractivity contribution in [1.29, 1.82) is 0 Å². The van der Waals surface area contributed by atoms with Gasteiger partial charge in [0.15, 0.2) is 0 Å². The van der Waals surface area contributed by atoms with E-state index >= 15 is 0 Å². The van der Waals surface area contributed by atoms with Gasteiger partial charge in [-0.3, -0.25) is 0 Å². The molecule has 0 atom stereocenters. The van der Waals surface area contributed by atoms with E-state index in [9.17, 15) is 4.39 Å². The molecule has 0 bridgehead atoms. The lowest BCUT2D eigenvalue weighted by Crippen LogP contribution is -2.28. The average Bonchev–Trinajstić information content (AvgIpc) is 2.65. The Balaban J connectivity index is 1.96. The summed E-state index contributed by atoms with van der Waals surface area (Å²) in [5, 5.41) is 4.57. The molecule has 3 heteroatoms. The van der Waals surface area contributed by atoms with Crippen molar-refractivity contribution in [3.05, 3.63) is 35.8 Å². The maximum atomic E-state index is 13.1. The fraction of sp³-hybridized carbons (Fsp3) is 0.467. The average molecular weight is 248 g/mol. The van der Waals surface area contributed by atoms with Crippen molar-refractivity contribution in [3.63, 3.8) is 0 Å². The summed E-state index contributed by atoms with van der Waals surface area (Å²) in [5.41, 5.74) is 2.43. The van der Waals surface area contributed by atoms with E-state index in [1.165, 1.54) is 11.6 Å². The molecule has 2 aromatic rings. The number of hydrogen-bond donors (Lipinski definition) is 2. The minimum Gasteiger partial charge on any atom is -0.361 e. The van der Waals surface area contributed by atoms with Crippen LogP contribution in [0.1, 0.15) is 26.3 Å². The van der Waals surface area contributed by atoms with Gasteiger partial charge >= 0.3 is 0 Å². The number of fused-ring (bicyclic) bond motifs is 1. The molecule has 1 aromatic carbocycles. The van der Waals surface area contributed by atoms with Gasteiger partial charge in [0.05, 0.1) is 0 Å². The summed E-state index contributed by atoms with van der Waals surface area (Å²) >= 11 is 0. The number of rotatable bonds is 4. The van der Waals surface area contributed by atoms with Crippen molar-refractivity contribution in [2.45, 2.75) is 27.2 Å². The van der Waals surface area contributed by atoms with Crippen LogP contribution in [0.3, 0.4) is 0 Å². The Labute approximate surface area is 108 Å². The fourth-order valence-electron chi connectivity index (χ4n) is 2.05. The third-order valence-electron chi connectivity index (χ3n) is 2.96. The SMILES string of the molecule is CC(C)(C)CNCCc1c[nH]c2cc(F)ccc12. The van der Waals surface area contributed by atoms with Crippen molar-refractivity contribution in [2.75, 3.05) is 13.1 Å². The highest BCUT2D eigenvalue weighted by atomic mass is 19.1. The number of H-pyrrole nitrogens is 1. The molecule has 0 saturated heterocycles. The summed E-state index contributed by atoms with van der Waals surface area (Å²) in [5.74, 6) is -0.193. The second-order valence-electron chi connectivity index (χ2n) is 5.99. The number of halogens is 1. The summed E-state index contributed by atoms with van der Waals surface area (Å²) in [6.07, 6.45) is 2.94. The predicted octanol–water partition coefficient (Wildman–Crippen LogP) is 3.49. The number of aromatic nitrogens is 1. The van der Waals surface area contributed by atoms with Gasteiger partial charge in [0.2, 0.25) is 0 Å². The Morgan fingerprint density at radius 1 is 1.28 bits per heavy atom. The van der Waals surface area contributed by atoms with Crippen molar-refractivity contribution in [2.24, 2.45) is 5.41 Å². The minimum absolute atomic E-state index is 0.193. The topological polar surface area (TPSA) is 27.8 Å². The molecule has 0 unspecified atom stereocenters. The third kappa shape index (κ3) is 3.33. The summed E-state index contributed by atoms with van der Waals surface area (Å²) in [4.78, 5) is 3.12. The van der Waals surface area contributed by atoms with Gasteiger partial charge in [0.1, 0.15) is 5.82 Å². The molecule has 1 aromatic heterocycles. The lowest BCUT2D eigenvalue weighted by atomic mass is 9.97. The molecule has 2 N–H and O–H groups in total. The van der Waals surface area contributed by atoms with E-state index < -0.39 is 0 Å². The van der Waals surface area contributed by atoms with Crippen LogP contribution in [0.25, 0.3) is 10.9 Å². The van der Waals surface area contributed by atoms with E-state index in [0.29, 0.717) is 5.41 Å². The van der Waals surface area contributed by atoms with Crippen LogP contribution >= 0.6 is 0 Å². The van der Waals surface area contributed by atoms with E-state index in [1.54, 1.807) is 6.07 Å². The monoisotopic (exact) mass is 248 g/mol. The van der Waals surface area contributed by atoms with Crippen LogP contribution in [-0.4, -0.2) is 18.1 Å². The van der Waals surface area contributed by atoms with Gasteiger partial charge in [0, 0.05) is 23.6 Å². The van der Waals surface area contributed by atoms with Crippen molar-refractivity contribution in [3.8, 4) is 0 Å². The van der Waals surface area contributed by atoms with E-state index in [-0.39, 0.29) is 5.82 Å². The molecular formula is C15H21FN2. The standard InChI is InChI=1S/C15H21FN2/c1-15(2,3)10-17-7-6-11-9-18-14-8-12(16)4-5-13(11)14/h4-5,8-9,17-18H,6-7,10H2,1-3H3. The Kier molecular flexibility index (Phi) is 3.71. The van der Waals surface area contributed by atoms with Gasteiger partial charge in [-0.15, -0.1) is 0 Å². The zero-order chi connectivity index (χ0) is 13.2. The molecule has 2 rings (SSSR count). The first-order chi connectivity index (χ1) is 8.46. The van der Waals surface area contributed by atoms with Crippen molar-refractivity contribution >= 4 is 10.9 Å². The van der Waals surface area contributed by atoms with E-state index in [2.05, 4.69) is 31.1 Å². The van der Waals surface area contributed by atoms with Crippen LogP contribution in [0.5, 0.6) is 0 Å². The minimum atomic E-state index is -0.193. The van der Waals surface area contributed by atoms with Crippen LogP contribution in [0, 0.1) is 11.2 Å². The Morgan fingerprint density at radius 3 is 2.78 bits per heavy atom.